The van der Waals surface area contributed by atoms with Gasteiger partial charge in [0.15, 0.2) is 0 Å². The zero-order valence-electron chi connectivity index (χ0n) is 16.5. The van der Waals surface area contributed by atoms with Crippen LogP contribution < -0.4 is 0 Å². The van der Waals surface area contributed by atoms with E-state index in [1.54, 1.807) is 0 Å². The molecule has 0 saturated carbocycles. The van der Waals surface area contributed by atoms with Gasteiger partial charge in [0.2, 0.25) is 17.6 Å². The van der Waals surface area contributed by atoms with Crippen LogP contribution in [-0.4, -0.2) is 34.0 Å². The number of carbonyl (C=O) groups is 1. The number of hydrogen-bond donors (Lipinski definition) is 0. The summed E-state index contributed by atoms with van der Waals surface area (Å²) in [4.78, 5) is 19.1. The highest BCUT2D eigenvalue weighted by atomic mass is 16.5. The maximum absolute atomic E-state index is 12.7. The molecule has 5 heteroatoms. The van der Waals surface area contributed by atoms with Crippen molar-refractivity contribution in [2.75, 3.05) is 13.1 Å². The topological polar surface area (TPSA) is 59.2 Å². The average Bonchev–Trinajstić information content (AvgIpc) is 3.18. The molecule has 0 atom stereocenters. The zero-order valence-corrected chi connectivity index (χ0v) is 16.5. The second-order valence-corrected chi connectivity index (χ2v) is 7.34. The summed E-state index contributed by atoms with van der Waals surface area (Å²) in [6, 6.07) is 20.0. The molecule has 1 heterocycles. The molecule has 3 rings (SSSR count). The Kier molecular flexibility index (Phi) is 6.95. The molecule has 0 unspecified atom stereocenters. The van der Waals surface area contributed by atoms with Crippen LogP contribution in [0.1, 0.15) is 31.7 Å². The summed E-state index contributed by atoms with van der Waals surface area (Å²) in [6.45, 7) is 5.40. The Morgan fingerprint density at radius 1 is 0.964 bits per heavy atom. The first-order valence-electron chi connectivity index (χ1n) is 9.81. The van der Waals surface area contributed by atoms with Crippen LogP contribution in [0.5, 0.6) is 0 Å². The molecule has 3 aromatic rings. The number of carbonyl (C=O) groups excluding carboxylic acids is 1. The lowest BCUT2D eigenvalue weighted by Gasteiger charge is -2.23. The van der Waals surface area contributed by atoms with Gasteiger partial charge in [0.05, 0.1) is 0 Å². The Labute approximate surface area is 166 Å². The Balaban J connectivity index is 1.62. The number of nitrogens with zero attached hydrogens (tertiary/aromatic N) is 3. The predicted octanol–water partition coefficient (Wildman–Crippen LogP) is 4.40. The van der Waals surface area contributed by atoms with Gasteiger partial charge in [-0.05, 0) is 17.9 Å². The van der Waals surface area contributed by atoms with Crippen molar-refractivity contribution in [3.8, 4) is 11.4 Å². The molecule has 0 spiro atoms. The number of rotatable bonds is 9. The molecular weight excluding hydrogens is 350 g/mol. The van der Waals surface area contributed by atoms with E-state index >= 15 is 0 Å². The monoisotopic (exact) mass is 377 g/mol. The van der Waals surface area contributed by atoms with Crippen molar-refractivity contribution in [2.45, 2.75) is 33.1 Å². The molecule has 0 aliphatic heterocycles. The molecule has 0 radical (unpaired) electrons. The maximum Gasteiger partial charge on any atom is 0.228 e. The van der Waals surface area contributed by atoms with Gasteiger partial charge < -0.3 is 9.42 Å². The van der Waals surface area contributed by atoms with Crippen LogP contribution in [0.4, 0.5) is 0 Å². The van der Waals surface area contributed by atoms with Crippen molar-refractivity contribution in [1.29, 1.82) is 0 Å². The average molecular weight is 377 g/mol. The maximum atomic E-state index is 12.7. The highest BCUT2D eigenvalue weighted by molar-refractivity contribution is 5.76. The number of aromatic nitrogens is 2. The summed E-state index contributed by atoms with van der Waals surface area (Å²) in [6.07, 6.45) is 1.94. The van der Waals surface area contributed by atoms with Crippen LogP contribution in [0.15, 0.2) is 65.2 Å². The molecule has 2 aromatic carbocycles. The van der Waals surface area contributed by atoms with Crippen molar-refractivity contribution >= 4 is 5.91 Å². The Bertz CT molecular complexity index is 860. The SMILES string of the molecule is CC(C)CC(=O)N(CCc1ccccc1)CCc1nc(-c2ccccc2)no1. The quantitative estimate of drug-likeness (QED) is 0.555. The van der Waals surface area contributed by atoms with Crippen molar-refractivity contribution < 1.29 is 9.32 Å². The minimum absolute atomic E-state index is 0.175. The summed E-state index contributed by atoms with van der Waals surface area (Å²) >= 11 is 0. The standard InChI is InChI=1S/C23H27N3O2/c1-18(2)17-22(27)26(15-13-19-9-5-3-6-10-19)16-14-21-24-23(25-28-21)20-11-7-4-8-12-20/h3-12,18H,13-17H2,1-2H3. The molecule has 28 heavy (non-hydrogen) atoms. The largest absolute Gasteiger partial charge is 0.342 e. The third-order valence-electron chi connectivity index (χ3n) is 4.54. The Morgan fingerprint density at radius 3 is 2.29 bits per heavy atom. The van der Waals surface area contributed by atoms with Crippen molar-refractivity contribution in [1.82, 2.24) is 15.0 Å². The van der Waals surface area contributed by atoms with E-state index in [9.17, 15) is 4.79 Å². The van der Waals surface area contributed by atoms with Gasteiger partial charge >= 0.3 is 0 Å². The molecule has 0 aliphatic carbocycles. The fourth-order valence-corrected chi connectivity index (χ4v) is 3.04. The first-order chi connectivity index (χ1) is 13.6. The second-order valence-electron chi connectivity index (χ2n) is 7.34. The van der Waals surface area contributed by atoms with Gasteiger partial charge in [-0.3, -0.25) is 4.79 Å². The van der Waals surface area contributed by atoms with Gasteiger partial charge in [0.25, 0.3) is 0 Å². The smallest absolute Gasteiger partial charge is 0.228 e. The summed E-state index contributed by atoms with van der Waals surface area (Å²) in [5.74, 6) is 1.65. The van der Waals surface area contributed by atoms with E-state index < -0.39 is 0 Å². The zero-order chi connectivity index (χ0) is 19.8. The third kappa shape index (κ3) is 5.78. The van der Waals surface area contributed by atoms with E-state index in [-0.39, 0.29) is 5.91 Å². The van der Waals surface area contributed by atoms with Crippen molar-refractivity contribution in [2.24, 2.45) is 5.92 Å². The first kappa shape index (κ1) is 19.8. The van der Waals surface area contributed by atoms with E-state index in [0.717, 1.165) is 12.0 Å². The van der Waals surface area contributed by atoms with E-state index in [0.29, 0.717) is 43.6 Å². The van der Waals surface area contributed by atoms with Gasteiger partial charge in [-0.2, -0.15) is 4.98 Å². The fourth-order valence-electron chi connectivity index (χ4n) is 3.04. The minimum atomic E-state index is 0.175. The summed E-state index contributed by atoms with van der Waals surface area (Å²) in [5.41, 5.74) is 2.16. The number of benzene rings is 2. The molecular formula is C23H27N3O2. The second kappa shape index (κ2) is 9.83. The molecule has 0 bridgehead atoms. The van der Waals surface area contributed by atoms with E-state index in [1.165, 1.54) is 5.56 Å². The molecule has 1 amide bonds. The molecule has 0 fully saturated rings. The highest BCUT2D eigenvalue weighted by Crippen LogP contribution is 2.15. The molecule has 1 aromatic heterocycles. The fraction of sp³-hybridized carbons (Fsp3) is 0.348. The lowest BCUT2D eigenvalue weighted by atomic mass is 10.1. The van der Waals surface area contributed by atoms with Crippen LogP contribution in [0, 0.1) is 5.92 Å². The Morgan fingerprint density at radius 2 is 1.61 bits per heavy atom. The highest BCUT2D eigenvalue weighted by Gasteiger charge is 2.17. The van der Waals surface area contributed by atoms with Crippen LogP contribution in [0.3, 0.4) is 0 Å². The van der Waals surface area contributed by atoms with Gasteiger partial charge in [-0.25, -0.2) is 0 Å². The number of hydrogen-bond acceptors (Lipinski definition) is 4. The summed E-state index contributed by atoms with van der Waals surface area (Å²) in [7, 11) is 0. The van der Waals surface area contributed by atoms with Crippen molar-refractivity contribution in [3.05, 3.63) is 72.1 Å². The minimum Gasteiger partial charge on any atom is -0.342 e. The third-order valence-corrected chi connectivity index (χ3v) is 4.54. The van der Waals surface area contributed by atoms with Crippen LogP contribution in [0.2, 0.25) is 0 Å². The van der Waals surface area contributed by atoms with Gasteiger partial charge in [0, 0.05) is 31.5 Å². The van der Waals surface area contributed by atoms with Crippen LogP contribution in [0.25, 0.3) is 11.4 Å². The summed E-state index contributed by atoms with van der Waals surface area (Å²) < 4.78 is 5.39. The molecule has 0 N–H and O–H groups in total. The van der Waals surface area contributed by atoms with E-state index in [2.05, 4.69) is 36.1 Å². The molecule has 5 nitrogen and oxygen atoms in total. The van der Waals surface area contributed by atoms with Gasteiger partial charge in [0.1, 0.15) is 0 Å². The normalized spacial score (nSPS) is 11.0. The number of amides is 1. The summed E-state index contributed by atoms with van der Waals surface area (Å²) in [5, 5.41) is 4.06. The lowest BCUT2D eigenvalue weighted by molar-refractivity contribution is -0.132. The van der Waals surface area contributed by atoms with Gasteiger partial charge in [-0.1, -0.05) is 79.7 Å². The molecule has 0 saturated heterocycles. The predicted molar refractivity (Wildman–Crippen MR) is 110 cm³/mol. The molecule has 146 valence electrons. The lowest BCUT2D eigenvalue weighted by Crippen LogP contribution is -2.35. The Hall–Kier alpha value is -2.95. The van der Waals surface area contributed by atoms with E-state index in [4.69, 9.17) is 4.52 Å². The van der Waals surface area contributed by atoms with Crippen LogP contribution >= 0.6 is 0 Å². The molecule has 0 aliphatic rings. The van der Waals surface area contributed by atoms with Crippen molar-refractivity contribution in [3.63, 3.8) is 0 Å². The van der Waals surface area contributed by atoms with Gasteiger partial charge in [-0.15, -0.1) is 0 Å². The van der Waals surface area contributed by atoms with E-state index in [1.807, 2.05) is 53.4 Å². The first-order valence-corrected chi connectivity index (χ1v) is 9.81. The van der Waals surface area contributed by atoms with Crippen LogP contribution in [-0.2, 0) is 17.6 Å².